The van der Waals surface area contributed by atoms with Gasteiger partial charge in [-0.3, -0.25) is 10.1 Å². The lowest BCUT2D eigenvalue weighted by atomic mass is 10.0. The summed E-state index contributed by atoms with van der Waals surface area (Å²) in [6.45, 7) is 0. The van der Waals surface area contributed by atoms with Crippen LogP contribution in [0.25, 0.3) is 0 Å². The van der Waals surface area contributed by atoms with Crippen LogP contribution in [0.15, 0.2) is 18.2 Å². The van der Waals surface area contributed by atoms with E-state index in [0.29, 0.717) is 5.69 Å². The van der Waals surface area contributed by atoms with E-state index in [2.05, 4.69) is 5.32 Å². The molecule has 0 aromatic heterocycles. The van der Waals surface area contributed by atoms with E-state index in [-0.39, 0.29) is 28.6 Å². The van der Waals surface area contributed by atoms with Crippen molar-refractivity contribution in [2.24, 2.45) is 5.73 Å². The lowest BCUT2D eigenvalue weighted by molar-refractivity contribution is -0.384. The third-order valence-corrected chi connectivity index (χ3v) is 2.83. The minimum absolute atomic E-state index is 0. The van der Waals surface area contributed by atoms with Gasteiger partial charge in [0.1, 0.15) is 5.69 Å². The highest BCUT2D eigenvalue weighted by molar-refractivity contribution is 5.85. The predicted octanol–water partition coefficient (Wildman–Crippen LogP) is 2.01. The predicted molar refractivity (Wildman–Crippen MR) is 65.0 cm³/mol. The molecular formula is C10H14ClN3O2. The van der Waals surface area contributed by atoms with Gasteiger partial charge < -0.3 is 11.1 Å². The molecule has 1 saturated carbocycles. The van der Waals surface area contributed by atoms with Crippen LogP contribution in [-0.4, -0.2) is 12.0 Å². The molecule has 1 aliphatic carbocycles. The largest absolute Gasteiger partial charge is 0.383 e. The second-order valence-electron chi connectivity index (χ2n) is 3.90. The van der Waals surface area contributed by atoms with Crippen molar-refractivity contribution in [3.05, 3.63) is 33.9 Å². The van der Waals surface area contributed by atoms with Crippen LogP contribution in [0.5, 0.6) is 0 Å². The summed E-state index contributed by atoms with van der Waals surface area (Å²) in [5.74, 6) is 0. The number of hydrogen-bond donors (Lipinski definition) is 2. The highest BCUT2D eigenvalue weighted by Crippen LogP contribution is 2.44. The van der Waals surface area contributed by atoms with Crippen molar-refractivity contribution in [3.63, 3.8) is 0 Å². The van der Waals surface area contributed by atoms with Gasteiger partial charge in [-0.15, -0.1) is 12.4 Å². The van der Waals surface area contributed by atoms with E-state index < -0.39 is 0 Å². The lowest BCUT2D eigenvalue weighted by Crippen LogP contribution is -2.18. The van der Waals surface area contributed by atoms with Crippen LogP contribution in [0.1, 0.15) is 18.4 Å². The number of benzene rings is 1. The Bertz CT molecular complexity index is 419. The summed E-state index contributed by atoms with van der Waals surface area (Å²) < 4.78 is 0. The number of nitrogens with two attached hydrogens (primary N) is 1. The van der Waals surface area contributed by atoms with Crippen molar-refractivity contribution in [2.75, 3.05) is 12.4 Å². The number of anilines is 1. The van der Waals surface area contributed by atoms with E-state index in [1.807, 2.05) is 6.07 Å². The van der Waals surface area contributed by atoms with Gasteiger partial charge in [0.15, 0.2) is 0 Å². The molecule has 3 N–H and O–H groups in total. The normalized spacial score (nSPS) is 16.1. The minimum atomic E-state index is -0.388. The molecule has 0 amide bonds. The maximum absolute atomic E-state index is 10.8. The molecule has 5 nitrogen and oxygen atoms in total. The van der Waals surface area contributed by atoms with E-state index >= 15 is 0 Å². The van der Waals surface area contributed by atoms with Crippen molar-refractivity contribution < 1.29 is 4.92 Å². The first-order chi connectivity index (χ1) is 7.07. The number of nitro benzene ring substituents is 1. The fourth-order valence-electron chi connectivity index (χ4n) is 1.63. The second-order valence-corrected chi connectivity index (χ2v) is 3.90. The highest BCUT2D eigenvalue weighted by Gasteiger charge is 2.40. The summed E-state index contributed by atoms with van der Waals surface area (Å²) in [7, 11) is 1.66. The Hall–Kier alpha value is -1.33. The monoisotopic (exact) mass is 243 g/mol. The Labute approximate surface area is 99.6 Å². The number of nitrogens with one attached hydrogen (secondary N) is 1. The molecule has 0 unspecified atom stereocenters. The van der Waals surface area contributed by atoms with E-state index in [4.69, 9.17) is 5.73 Å². The summed E-state index contributed by atoms with van der Waals surface area (Å²) in [4.78, 5) is 10.4. The van der Waals surface area contributed by atoms with E-state index in [0.717, 1.165) is 18.4 Å². The van der Waals surface area contributed by atoms with Gasteiger partial charge >= 0.3 is 0 Å². The van der Waals surface area contributed by atoms with Gasteiger partial charge in [-0.2, -0.15) is 0 Å². The van der Waals surface area contributed by atoms with Crippen molar-refractivity contribution in [3.8, 4) is 0 Å². The van der Waals surface area contributed by atoms with Gasteiger partial charge in [0.2, 0.25) is 0 Å². The van der Waals surface area contributed by atoms with Gasteiger partial charge in [0.25, 0.3) is 5.69 Å². The molecule has 0 heterocycles. The molecule has 2 rings (SSSR count). The molecule has 1 aromatic carbocycles. The molecule has 6 heteroatoms. The Morgan fingerprint density at radius 2 is 2.12 bits per heavy atom. The number of hydrogen-bond acceptors (Lipinski definition) is 4. The summed E-state index contributed by atoms with van der Waals surface area (Å²) in [5, 5.41) is 13.6. The Morgan fingerprint density at radius 1 is 1.50 bits per heavy atom. The first-order valence-electron chi connectivity index (χ1n) is 4.82. The minimum Gasteiger partial charge on any atom is -0.383 e. The molecule has 1 fully saturated rings. The molecule has 0 spiro atoms. The van der Waals surface area contributed by atoms with Crippen molar-refractivity contribution in [2.45, 2.75) is 18.4 Å². The Balaban J connectivity index is 0.00000128. The molecule has 1 aromatic rings. The van der Waals surface area contributed by atoms with Crippen LogP contribution in [0.4, 0.5) is 11.4 Å². The van der Waals surface area contributed by atoms with Crippen LogP contribution in [-0.2, 0) is 5.54 Å². The van der Waals surface area contributed by atoms with Gasteiger partial charge in [0, 0.05) is 18.7 Å². The molecule has 16 heavy (non-hydrogen) atoms. The van der Waals surface area contributed by atoms with Crippen molar-refractivity contribution in [1.82, 2.24) is 0 Å². The molecule has 0 aliphatic heterocycles. The van der Waals surface area contributed by atoms with Crippen molar-refractivity contribution >= 4 is 23.8 Å². The van der Waals surface area contributed by atoms with E-state index in [1.54, 1.807) is 19.2 Å². The summed E-state index contributed by atoms with van der Waals surface area (Å²) >= 11 is 0. The van der Waals surface area contributed by atoms with Gasteiger partial charge in [0.05, 0.1) is 4.92 Å². The van der Waals surface area contributed by atoms with Crippen LogP contribution in [0.3, 0.4) is 0 Å². The fourth-order valence-corrected chi connectivity index (χ4v) is 1.63. The second kappa shape index (κ2) is 4.27. The average molecular weight is 244 g/mol. The third kappa shape index (κ3) is 2.10. The zero-order valence-corrected chi connectivity index (χ0v) is 9.71. The Morgan fingerprint density at radius 3 is 2.56 bits per heavy atom. The highest BCUT2D eigenvalue weighted by atomic mass is 35.5. The zero-order valence-electron chi connectivity index (χ0n) is 8.90. The van der Waals surface area contributed by atoms with Gasteiger partial charge in [-0.05, 0) is 24.5 Å². The van der Waals surface area contributed by atoms with Crippen LogP contribution < -0.4 is 11.1 Å². The van der Waals surface area contributed by atoms with Crippen LogP contribution in [0.2, 0.25) is 0 Å². The first kappa shape index (κ1) is 12.7. The van der Waals surface area contributed by atoms with Gasteiger partial charge in [-0.1, -0.05) is 6.07 Å². The smallest absolute Gasteiger partial charge is 0.292 e. The molecule has 0 saturated heterocycles. The molecule has 0 bridgehead atoms. The number of halogens is 1. The number of nitro groups is 1. The first-order valence-corrected chi connectivity index (χ1v) is 4.82. The molecular weight excluding hydrogens is 230 g/mol. The van der Waals surface area contributed by atoms with E-state index in [1.165, 1.54) is 0 Å². The van der Waals surface area contributed by atoms with E-state index in [9.17, 15) is 10.1 Å². The summed E-state index contributed by atoms with van der Waals surface area (Å²) in [6.07, 6.45) is 1.81. The molecule has 88 valence electrons. The lowest BCUT2D eigenvalue weighted by Gasteiger charge is -2.10. The topological polar surface area (TPSA) is 81.2 Å². The van der Waals surface area contributed by atoms with Crippen molar-refractivity contribution in [1.29, 1.82) is 0 Å². The SMILES string of the molecule is CNc1ccc(C2(N)CC2)cc1[N+](=O)[O-].Cl. The van der Waals surface area contributed by atoms with Crippen LogP contribution in [0, 0.1) is 10.1 Å². The maximum Gasteiger partial charge on any atom is 0.292 e. The number of nitrogens with zero attached hydrogens (tertiary/aromatic N) is 1. The molecule has 1 aliphatic rings. The third-order valence-electron chi connectivity index (χ3n) is 2.83. The standard InChI is InChI=1S/C10H13N3O2.ClH/c1-12-8-3-2-7(10(11)4-5-10)6-9(8)13(14)15;/h2-3,6,12H,4-5,11H2,1H3;1H. The molecule has 0 radical (unpaired) electrons. The van der Waals surface area contributed by atoms with Crippen LogP contribution >= 0.6 is 12.4 Å². The fraction of sp³-hybridized carbons (Fsp3) is 0.400. The van der Waals surface area contributed by atoms with Gasteiger partial charge in [-0.25, -0.2) is 0 Å². The average Bonchev–Trinajstić information content (AvgIpc) is 2.96. The quantitative estimate of drug-likeness (QED) is 0.629. The summed E-state index contributed by atoms with van der Waals surface area (Å²) in [6, 6.07) is 5.13. The Kier molecular flexibility index (Phi) is 3.40. The molecule has 0 atom stereocenters. The zero-order chi connectivity index (χ0) is 11.1. The maximum atomic E-state index is 10.8. The number of rotatable bonds is 3. The summed E-state index contributed by atoms with van der Waals surface area (Å²) in [5.41, 5.74) is 7.13.